The molecule has 0 saturated carbocycles. The first-order chi connectivity index (χ1) is 7.94. The van der Waals surface area contributed by atoms with Crippen LogP contribution in [0.3, 0.4) is 0 Å². The summed E-state index contributed by atoms with van der Waals surface area (Å²) in [6.07, 6.45) is 0.749. The van der Waals surface area contributed by atoms with Crippen molar-refractivity contribution in [1.29, 1.82) is 0 Å². The molecule has 1 amide bonds. The molecule has 1 aromatic rings. The molecule has 0 aliphatic carbocycles. The van der Waals surface area contributed by atoms with Crippen LogP contribution < -0.4 is 10.6 Å². The molecule has 2 N–H and O–H groups in total. The number of nitrogens with zero attached hydrogens (tertiary/aromatic N) is 1. The molecule has 17 heavy (non-hydrogen) atoms. The van der Waals surface area contributed by atoms with E-state index in [0.29, 0.717) is 6.54 Å². The highest BCUT2D eigenvalue weighted by molar-refractivity contribution is 5.97. The summed E-state index contributed by atoms with van der Waals surface area (Å²) in [5.74, 6) is 0.0753. The zero-order chi connectivity index (χ0) is 13.1. The van der Waals surface area contributed by atoms with Crippen molar-refractivity contribution in [3.05, 3.63) is 29.8 Å². The van der Waals surface area contributed by atoms with Crippen molar-refractivity contribution in [3.8, 4) is 0 Å². The Bertz CT molecular complexity index is 380. The van der Waals surface area contributed by atoms with Crippen LogP contribution in [0.2, 0.25) is 0 Å². The number of hydrogen-bond acceptors (Lipinski definition) is 2. The predicted molar refractivity (Wildman–Crippen MR) is 72.0 cm³/mol. The zero-order valence-electron chi connectivity index (χ0n) is 11.2. The van der Waals surface area contributed by atoms with E-state index in [-0.39, 0.29) is 5.91 Å². The molecule has 1 rings (SSSR count). The maximum Gasteiger partial charge on any atom is 0.233 e. The number of rotatable bonds is 4. The standard InChI is InChI=1S/C14H22N2O/c1-5-14(3,10-15)13(17)16(4)12-8-6-11(2)7-9-12/h6-9H,5,10,15H2,1-4H3. The van der Waals surface area contributed by atoms with Crippen molar-refractivity contribution in [2.75, 3.05) is 18.5 Å². The molecule has 0 aliphatic heterocycles. The van der Waals surface area contributed by atoms with Crippen molar-refractivity contribution >= 4 is 11.6 Å². The molecule has 0 saturated heterocycles. The smallest absolute Gasteiger partial charge is 0.233 e. The maximum absolute atomic E-state index is 12.4. The molecule has 1 aromatic carbocycles. The van der Waals surface area contributed by atoms with Crippen LogP contribution in [0, 0.1) is 12.3 Å². The zero-order valence-corrected chi connectivity index (χ0v) is 11.2. The molecule has 3 nitrogen and oxygen atoms in total. The van der Waals surface area contributed by atoms with Crippen LogP contribution in [-0.2, 0) is 4.79 Å². The molecule has 94 valence electrons. The van der Waals surface area contributed by atoms with Gasteiger partial charge in [0.05, 0.1) is 5.41 Å². The summed E-state index contributed by atoms with van der Waals surface area (Å²) in [4.78, 5) is 14.0. The van der Waals surface area contributed by atoms with Gasteiger partial charge in [-0.2, -0.15) is 0 Å². The number of aryl methyl sites for hydroxylation is 1. The third-order valence-corrected chi connectivity index (χ3v) is 3.47. The minimum Gasteiger partial charge on any atom is -0.329 e. The average molecular weight is 234 g/mol. The van der Waals surface area contributed by atoms with Crippen molar-refractivity contribution in [3.63, 3.8) is 0 Å². The topological polar surface area (TPSA) is 46.3 Å². The Morgan fingerprint density at radius 3 is 2.29 bits per heavy atom. The second-order valence-electron chi connectivity index (χ2n) is 4.82. The molecule has 3 heteroatoms. The summed E-state index contributed by atoms with van der Waals surface area (Å²) in [5, 5.41) is 0. The van der Waals surface area contributed by atoms with Crippen LogP contribution in [-0.4, -0.2) is 19.5 Å². The number of nitrogens with two attached hydrogens (primary N) is 1. The number of carbonyl (C=O) groups excluding carboxylic acids is 1. The largest absolute Gasteiger partial charge is 0.329 e. The maximum atomic E-state index is 12.4. The lowest BCUT2D eigenvalue weighted by Gasteiger charge is -2.30. The number of benzene rings is 1. The van der Waals surface area contributed by atoms with Crippen LogP contribution in [0.4, 0.5) is 5.69 Å². The minimum atomic E-state index is -0.473. The first kappa shape index (κ1) is 13.7. The van der Waals surface area contributed by atoms with Gasteiger partial charge in [-0.25, -0.2) is 0 Å². The summed E-state index contributed by atoms with van der Waals surface area (Å²) < 4.78 is 0. The van der Waals surface area contributed by atoms with E-state index in [1.165, 1.54) is 5.56 Å². The van der Waals surface area contributed by atoms with Gasteiger partial charge in [0.2, 0.25) is 5.91 Å². The molecule has 0 radical (unpaired) electrons. The van der Waals surface area contributed by atoms with E-state index in [0.717, 1.165) is 12.1 Å². The Balaban J connectivity index is 2.93. The van der Waals surface area contributed by atoms with Crippen LogP contribution in [0.25, 0.3) is 0 Å². The van der Waals surface area contributed by atoms with Gasteiger partial charge >= 0.3 is 0 Å². The molecular weight excluding hydrogens is 212 g/mol. The highest BCUT2D eigenvalue weighted by atomic mass is 16.2. The van der Waals surface area contributed by atoms with E-state index in [9.17, 15) is 4.79 Å². The van der Waals surface area contributed by atoms with E-state index in [2.05, 4.69) is 0 Å². The van der Waals surface area contributed by atoms with Crippen LogP contribution in [0.5, 0.6) is 0 Å². The van der Waals surface area contributed by atoms with E-state index >= 15 is 0 Å². The number of amides is 1. The molecule has 0 aromatic heterocycles. The highest BCUT2D eigenvalue weighted by Crippen LogP contribution is 2.25. The Kier molecular flexibility index (Phi) is 4.29. The molecule has 0 heterocycles. The second kappa shape index (κ2) is 5.32. The van der Waals surface area contributed by atoms with Gasteiger partial charge in [0, 0.05) is 19.3 Å². The molecule has 0 aliphatic rings. The van der Waals surface area contributed by atoms with E-state index < -0.39 is 5.41 Å². The second-order valence-corrected chi connectivity index (χ2v) is 4.82. The lowest BCUT2D eigenvalue weighted by molar-refractivity contribution is -0.126. The summed E-state index contributed by atoms with van der Waals surface area (Å²) in [6, 6.07) is 7.93. The Hall–Kier alpha value is -1.35. The van der Waals surface area contributed by atoms with Crippen molar-refractivity contribution < 1.29 is 4.79 Å². The molecule has 0 fully saturated rings. The summed E-state index contributed by atoms with van der Waals surface area (Å²) in [5.41, 5.74) is 7.34. The summed E-state index contributed by atoms with van der Waals surface area (Å²) >= 11 is 0. The van der Waals surface area contributed by atoms with E-state index in [1.54, 1.807) is 11.9 Å². The number of hydrogen-bond donors (Lipinski definition) is 1. The van der Waals surface area contributed by atoms with E-state index in [4.69, 9.17) is 5.73 Å². The van der Waals surface area contributed by atoms with Gasteiger partial charge in [0.25, 0.3) is 0 Å². The first-order valence-corrected chi connectivity index (χ1v) is 5.99. The third kappa shape index (κ3) is 2.86. The van der Waals surface area contributed by atoms with Gasteiger partial charge in [-0.3, -0.25) is 4.79 Å². The van der Waals surface area contributed by atoms with Gasteiger partial charge < -0.3 is 10.6 Å². The van der Waals surface area contributed by atoms with Gasteiger partial charge in [-0.05, 0) is 32.4 Å². The first-order valence-electron chi connectivity index (χ1n) is 5.99. The Morgan fingerprint density at radius 1 is 1.35 bits per heavy atom. The summed E-state index contributed by atoms with van der Waals surface area (Å²) in [7, 11) is 1.80. The fourth-order valence-electron chi connectivity index (χ4n) is 1.67. The number of carbonyl (C=O) groups is 1. The molecule has 1 atom stereocenters. The van der Waals surface area contributed by atoms with Gasteiger partial charge in [-0.15, -0.1) is 0 Å². The van der Waals surface area contributed by atoms with Crippen molar-refractivity contribution in [1.82, 2.24) is 0 Å². The van der Waals surface area contributed by atoms with Gasteiger partial charge in [0.1, 0.15) is 0 Å². The van der Waals surface area contributed by atoms with E-state index in [1.807, 2.05) is 45.0 Å². The Labute approximate surface area is 104 Å². The Morgan fingerprint density at radius 2 is 1.88 bits per heavy atom. The number of anilines is 1. The lowest BCUT2D eigenvalue weighted by atomic mass is 9.86. The molecular formula is C14H22N2O. The average Bonchev–Trinajstić information content (AvgIpc) is 2.37. The normalized spacial score (nSPS) is 14.2. The summed E-state index contributed by atoms with van der Waals surface area (Å²) in [6.45, 7) is 6.31. The van der Waals surface area contributed by atoms with Crippen LogP contribution in [0.15, 0.2) is 24.3 Å². The van der Waals surface area contributed by atoms with Crippen LogP contribution in [0.1, 0.15) is 25.8 Å². The highest BCUT2D eigenvalue weighted by Gasteiger charge is 2.32. The third-order valence-electron chi connectivity index (χ3n) is 3.47. The minimum absolute atomic E-state index is 0.0753. The fraction of sp³-hybridized carbons (Fsp3) is 0.500. The van der Waals surface area contributed by atoms with Crippen LogP contribution >= 0.6 is 0 Å². The quantitative estimate of drug-likeness (QED) is 0.869. The lowest BCUT2D eigenvalue weighted by Crippen LogP contribution is -2.44. The molecule has 0 spiro atoms. The SMILES string of the molecule is CCC(C)(CN)C(=O)N(C)c1ccc(C)cc1. The molecule has 0 bridgehead atoms. The van der Waals surface area contributed by atoms with Gasteiger partial charge in [-0.1, -0.05) is 24.6 Å². The fourth-order valence-corrected chi connectivity index (χ4v) is 1.67. The predicted octanol–water partition coefficient (Wildman–Crippen LogP) is 2.33. The van der Waals surface area contributed by atoms with Gasteiger partial charge in [0.15, 0.2) is 0 Å². The monoisotopic (exact) mass is 234 g/mol. The molecule has 1 unspecified atom stereocenters. The van der Waals surface area contributed by atoms with Crippen molar-refractivity contribution in [2.45, 2.75) is 27.2 Å². The van der Waals surface area contributed by atoms with Crippen molar-refractivity contribution in [2.24, 2.45) is 11.1 Å².